The van der Waals surface area contributed by atoms with E-state index < -0.39 is 0 Å². The van der Waals surface area contributed by atoms with E-state index >= 15 is 0 Å². The van der Waals surface area contributed by atoms with Gasteiger partial charge >= 0.3 is 0 Å². The first kappa shape index (κ1) is 14.8. The van der Waals surface area contributed by atoms with Crippen molar-refractivity contribution >= 4 is 21.8 Å². The molecule has 0 saturated carbocycles. The number of amides is 1. The lowest BCUT2D eigenvalue weighted by molar-refractivity contribution is 0.0933. The molecule has 2 rings (SSSR count). The Kier molecular flexibility index (Phi) is 4.27. The van der Waals surface area contributed by atoms with Crippen molar-refractivity contribution < 1.29 is 4.79 Å². The highest BCUT2D eigenvalue weighted by atomic mass is 79.9. The topological polar surface area (TPSA) is 64.7 Å². The normalized spacial score (nSPS) is 12.4. The van der Waals surface area contributed by atoms with Gasteiger partial charge in [0.1, 0.15) is 0 Å². The Morgan fingerprint density at radius 1 is 1.55 bits per heavy atom. The summed E-state index contributed by atoms with van der Waals surface area (Å²) in [5, 5.41) is 11.4. The average Bonchev–Trinajstić information content (AvgIpc) is 2.91. The summed E-state index contributed by atoms with van der Waals surface area (Å²) in [6.07, 6.45) is 3.55. The van der Waals surface area contributed by atoms with Gasteiger partial charge in [0, 0.05) is 31.0 Å². The van der Waals surface area contributed by atoms with Crippen LogP contribution in [-0.2, 0) is 13.6 Å². The van der Waals surface area contributed by atoms with Crippen LogP contribution in [0.2, 0.25) is 0 Å². The van der Waals surface area contributed by atoms with Crippen molar-refractivity contribution in [2.45, 2.75) is 33.4 Å². The van der Waals surface area contributed by atoms with Crippen LogP contribution in [0.25, 0.3) is 0 Å². The van der Waals surface area contributed by atoms with E-state index in [-0.39, 0.29) is 11.9 Å². The van der Waals surface area contributed by atoms with E-state index in [0.717, 1.165) is 17.8 Å². The lowest BCUT2D eigenvalue weighted by Crippen LogP contribution is -2.27. The van der Waals surface area contributed by atoms with E-state index in [2.05, 4.69) is 31.4 Å². The molecule has 0 saturated heterocycles. The summed E-state index contributed by atoms with van der Waals surface area (Å²) in [5.74, 6) is -0.200. The van der Waals surface area contributed by atoms with Gasteiger partial charge in [0.15, 0.2) is 5.69 Å². The molecule has 0 aromatic carbocycles. The summed E-state index contributed by atoms with van der Waals surface area (Å²) in [4.78, 5) is 12.2. The van der Waals surface area contributed by atoms with Crippen LogP contribution in [0.1, 0.15) is 41.6 Å². The minimum Gasteiger partial charge on any atom is -0.344 e. The lowest BCUT2D eigenvalue weighted by atomic mass is 10.1. The number of hydrogen-bond donors (Lipinski definition) is 1. The first-order valence-electron chi connectivity index (χ1n) is 6.46. The number of aromatic nitrogens is 4. The molecule has 0 bridgehead atoms. The summed E-state index contributed by atoms with van der Waals surface area (Å²) in [7, 11) is 1.78. The van der Waals surface area contributed by atoms with Crippen LogP contribution in [0.15, 0.2) is 16.9 Å². The Balaban J connectivity index is 2.15. The third-order valence-electron chi connectivity index (χ3n) is 3.25. The zero-order chi connectivity index (χ0) is 14.9. The van der Waals surface area contributed by atoms with E-state index in [9.17, 15) is 4.79 Å². The van der Waals surface area contributed by atoms with Crippen molar-refractivity contribution in [2.24, 2.45) is 7.05 Å². The summed E-state index contributed by atoms with van der Waals surface area (Å²) in [6, 6.07) is -0.114. The second-order valence-corrected chi connectivity index (χ2v) is 5.55. The van der Waals surface area contributed by atoms with E-state index in [1.54, 1.807) is 24.1 Å². The lowest BCUT2D eigenvalue weighted by Gasteiger charge is -2.13. The molecule has 1 unspecified atom stereocenters. The summed E-state index contributed by atoms with van der Waals surface area (Å²) >= 11 is 3.33. The molecule has 1 atom stereocenters. The molecule has 108 valence electrons. The second kappa shape index (κ2) is 5.78. The molecule has 0 radical (unpaired) electrons. The summed E-state index contributed by atoms with van der Waals surface area (Å²) < 4.78 is 4.20. The van der Waals surface area contributed by atoms with Crippen molar-refractivity contribution in [3.8, 4) is 0 Å². The maximum Gasteiger partial charge on any atom is 0.273 e. The molecule has 2 heterocycles. The number of rotatable bonds is 4. The van der Waals surface area contributed by atoms with Crippen LogP contribution in [0.5, 0.6) is 0 Å². The number of hydrogen-bond acceptors (Lipinski definition) is 3. The maximum absolute atomic E-state index is 12.2. The molecule has 20 heavy (non-hydrogen) atoms. The van der Waals surface area contributed by atoms with Crippen LogP contribution in [0.3, 0.4) is 0 Å². The SMILES string of the molecule is CCn1ncc(C(C)NC(=O)c2nn(C)cc2Br)c1C. The molecule has 1 N–H and O–H groups in total. The van der Waals surface area contributed by atoms with Crippen LogP contribution >= 0.6 is 15.9 Å². The van der Waals surface area contributed by atoms with Gasteiger partial charge < -0.3 is 5.32 Å². The number of nitrogens with one attached hydrogen (secondary N) is 1. The zero-order valence-corrected chi connectivity index (χ0v) is 13.6. The molecule has 7 heteroatoms. The van der Waals surface area contributed by atoms with Crippen molar-refractivity contribution in [3.05, 3.63) is 33.8 Å². The molecule has 0 aliphatic rings. The molecular weight excluding hydrogens is 322 g/mol. The molecule has 1 amide bonds. The molecule has 0 spiro atoms. The minimum absolute atomic E-state index is 0.114. The third kappa shape index (κ3) is 2.77. The van der Waals surface area contributed by atoms with Crippen molar-refractivity contribution in [2.75, 3.05) is 0 Å². The predicted molar refractivity (Wildman–Crippen MR) is 79.4 cm³/mol. The Labute approximate surface area is 126 Å². The van der Waals surface area contributed by atoms with E-state index in [1.807, 2.05) is 25.5 Å². The van der Waals surface area contributed by atoms with Crippen molar-refractivity contribution in [3.63, 3.8) is 0 Å². The second-order valence-electron chi connectivity index (χ2n) is 4.70. The Hall–Kier alpha value is -1.63. The average molecular weight is 340 g/mol. The van der Waals surface area contributed by atoms with E-state index in [4.69, 9.17) is 0 Å². The van der Waals surface area contributed by atoms with E-state index in [0.29, 0.717) is 10.2 Å². The summed E-state index contributed by atoms with van der Waals surface area (Å²) in [5.41, 5.74) is 2.48. The largest absolute Gasteiger partial charge is 0.344 e. The molecule has 0 fully saturated rings. The van der Waals surface area contributed by atoms with Gasteiger partial charge in [-0.15, -0.1) is 0 Å². The fourth-order valence-electron chi connectivity index (χ4n) is 2.16. The van der Waals surface area contributed by atoms with Gasteiger partial charge in [0.05, 0.1) is 16.7 Å². The zero-order valence-electron chi connectivity index (χ0n) is 12.0. The van der Waals surface area contributed by atoms with E-state index in [1.165, 1.54) is 0 Å². The van der Waals surface area contributed by atoms with Gasteiger partial charge in [-0.25, -0.2) is 0 Å². The number of carbonyl (C=O) groups excluding carboxylic acids is 1. The molecule has 6 nitrogen and oxygen atoms in total. The van der Waals surface area contributed by atoms with Gasteiger partial charge in [-0.05, 0) is 36.7 Å². The van der Waals surface area contributed by atoms with Gasteiger partial charge in [0.25, 0.3) is 5.91 Å². The van der Waals surface area contributed by atoms with Crippen LogP contribution in [-0.4, -0.2) is 25.5 Å². The van der Waals surface area contributed by atoms with Crippen LogP contribution in [0, 0.1) is 6.92 Å². The number of carbonyl (C=O) groups is 1. The van der Waals surface area contributed by atoms with Crippen LogP contribution < -0.4 is 5.32 Å². The van der Waals surface area contributed by atoms with Gasteiger partial charge in [-0.2, -0.15) is 10.2 Å². The smallest absolute Gasteiger partial charge is 0.273 e. The Morgan fingerprint density at radius 3 is 2.75 bits per heavy atom. The molecule has 2 aromatic heterocycles. The van der Waals surface area contributed by atoms with Crippen molar-refractivity contribution in [1.29, 1.82) is 0 Å². The fraction of sp³-hybridized carbons (Fsp3) is 0.462. The number of aryl methyl sites for hydroxylation is 2. The monoisotopic (exact) mass is 339 g/mol. The molecule has 0 aliphatic carbocycles. The van der Waals surface area contributed by atoms with Crippen molar-refractivity contribution in [1.82, 2.24) is 24.9 Å². The molecular formula is C13H18BrN5O. The maximum atomic E-state index is 12.2. The van der Waals surface area contributed by atoms with Gasteiger partial charge in [-0.3, -0.25) is 14.2 Å². The first-order chi connectivity index (χ1) is 9.43. The third-order valence-corrected chi connectivity index (χ3v) is 3.83. The number of nitrogens with zero attached hydrogens (tertiary/aromatic N) is 4. The Morgan fingerprint density at radius 2 is 2.25 bits per heavy atom. The van der Waals surface area contributed by atoms with Gasteiger partial charge in [0.2, 0.25) is 0 Å². The predicted octanol–water partition coefficient (Wildman–Crippen LogP) is 2.20. The highest BCUT2D eigenvalue weighted by Gasteiger charge is 2.19. The molecule has 0 aliphatic heterocycles. The highest BCUT2D eigenvalue weighted by molar-refractivity contribution is 9.10. The fourth-order valence-corrected chi connectivity index (χ4v) is 2.72. The quantitative estimate of drug-likeness (QED) is 0.928. The minimum atomic E-state index is -0.200. The van der Waals surface area contributed by atoms with Crippen LogP contribution in [0.4, 0.5) is 0 Å². The van der Waals surface area contributed by atoms with Gasteiger partial charge in [-0.1, -0.05) is 0 Å². The summed E-state index contributed by atoms with van der Waals surface area (Å²) in [6.45, 7) is 6.81. The Bertz CT molecular complexity index is 631. The number of halogens is 1. The highest BCUT2D eigenvalue weighted by Crippen LogP contribution is 2.19. The first-order valence-corrected chi connectivity index (χ1v) is 7.25. The standard InChI is InChI=1S/C13H18BrN5O/c1-5-19-9(3)10(6-15-19)8(2)16-13(20)12-11(14)7-18(4)17-12/h6-8H,5H2,1-4H3,(H,16,20). The molecule has 2 aromatic rings.